The van der Waals surface area contributed by atoms with Crippen LogP contribution in [0, 0.1) is 0 Å². The number of hydrogen-bond donors (Lipinski definition) is 1. The van der Waals surface area contributed by atoms with E-state index in [1.165, 1.54) is 34.9 Å². The minimum Gasteiger partial charge on any atom is -0.383 e. The van der Waals surface area contributed by atoms with Gasteiger partial charge in [0, 0.05) is 17.4 Å². The van der Waals surface area contributed by atoms with Crippen LogP contribution in [0.25, 0.3) is 17.1 Å². The van der Waals surface area contributed by atoms with Gasteiger partial charge < -0.3 is 5.73 Å². The molecule has 3 aromatic rings. The first-order chi connectivity index (χ1) is 11.8. The van der Waals surface area contributed by atoms with Gasteiger partial charge in [0.05, 0.1) is 11.1 Å². The zero-order chi connectivity index (χ0) is 18.2. The molecule has 5 nitrogen and oxygen atoms in total. The van der Waals surface area contributed by atoms with Gasteiger partial charge in [-0.2, -0.15) is 23.0 Å². The lowest BCUT2D eigenvalue weighted by Crippen LogP contribution is -2.06. The molecular weight excluding hydrogens is 375 g/mol. The molecule has 0 radical (unpaired) electrons. The number of halogens is 4. The molecule has 2 aromatic heterocycles. The van der Waals surface area contributed by atoms with Crippen LogP contribution < -0.4 is 5.73 Å². The average molecular weight is 386 g/mol. The second-order valence-electron chi connectivity index (χ2n) is 4.96. The summed E-state index contributed by atoms with van der Waals surface area (Å²) in [5.41, 5.74) is 5.86. The monoisotopic (exact) mass is 385 g/mol. The first kappa shape index (κ1) is 17.6. The van der Waals surface area contributed by atoms with Crippen molar-refractivity contribution in [2.75, 3.05) is 12.0 Å². The van der Waals surface area contributed by atoms with Crippen LogP contribution in [0.4, 0.5) is 19.0 Å². The largest absolute Gasteiger partial charge is 0.416 e. The van der Waals surface area contributed by atoms with E-state index in [0.29, 0.717) is 10.6 Å². The lowest BCUT2D eigenvalue weighted by molar-refractivity contribution is -0.137. The van der Waals surface area contributed by atoms with Crippen LogP contribution in [-0.2, 0) is 6.18 Å². The number of nitrogens with zero attached hydrogens (tertiary/aromatic N) is 4. The molecule has 2 heterocycles. The van der Waals surface area contributed by atoms with E-state index in [1.807, 2.05) is 0 Å². The molecule has 0 saturated carbocycles. The Hall–Kier alpha value is -2.26. The molecule has 25 heavy (non-hydrogen) atoms. The Morgan fingerprint density at radius 1 is 1.16 bits per heavy atom. The highest BCUT2D eigenvalue weighted by molar-refractivity contribution is 7.98. The molecule has 0 atom stereocenters. The summed E-state index contributed by atoms with van der Waals surface area (Å²) < 4.78 is 40.5. The molecule has 1 aromatic carbocycles. The third-order valence-corrected chi connectivity index (χ3v) is 4.23. The molecule has 0 aliphatic heterocycles. The van der Waals surface area contributed by atoms with E-state index in [4.69, 9.17) is 17.3 Å². The zero-order valence-corrected chi connectivity index (χ0v) is 14.3. The molecule has 0 bridgehead atoms. The van der Waals surface area contributed by atoms with E-state index in [9.17, 15) is 13.2 Å². The van der Waals surface area contributed by atoms with Crippen LogP contribution >= 0.6 is 23.4 Å². The number of aromatic nitrogens is 4. The minimum absolute atomic E-state index is 0.0417. The van der Waals surface area contributed by atoms with Gasteiger partial charge in [-0.05, 0) is 36.1 Å². The van der Waals surface area contributed by atoms with Gasteiger partial charge >= 0.3 is 6.18 Å². The third-order valence-electron chi connectivity index (χ3n) is 3.34. The summed E-state index contributed by atoms with van der Waals surface area (Å²) >= 11 is 7.13. The van der Waals surface area contributed by atoms with Gasteiger partial charge in [-0.1, -0.05) is 11.6 Å². The molecule has 2 N–H and O–H groups in total. The maximum Gasteiger partial charge on any atom is 0.416 e. The van der Waals surface area contributed by atoms with Crippen LogP contribution in [0.1, 0.15) is 5.56 Å². The molecule has 130 valence electrons. The Balaban J connectivity index is 2.21. The summed E-state index contributed by atoms with van der Waals surface area (Å²) in [5.74, 6) is 0.352. The standard InChI is InChI=1S/C15H11ClF3N5S/c1-25-13-11(8-5-9(15(17,18)19)7-10(16)6-8)12(20)24(23-13)14-21-3-2-4-22-14/h2-7H,20H2,1H3. The topological polar surface area (TPSA) is 69.6 Å². The summed E-state index contributed by atoms with van der Waals surface area (Å²) in [6.45, 7) is 0. The van der Waals surface area contributed by atoms with Crippen molar-refractivity contribution in [3.05, 3.63) is 47.2 Å². The lowest BCUT2D eigenvalue weighted by Gasteiger charge is -2.10. The molecule has 0 aliphatic carbocycles. The van der Waals surface area contributed by atoms with E-state index in [2.05, 4.69) is 15.1 Å². The van der Waals surface area contributed by atoms with E-state index in [1.54, 1.807) is 12.3 Å². The van der Waals surface area contributed by atoms with Gasteiger partial charge in [0.2, 0.25) is 0 Å². The first-order valence-corrected chi connectivity index (χ1v) is 8.49. The van der Waals surface area contributed by atoms with Crippen LogP contribution in [-0.4, -0.2) is 26.0 Å². The van der Waals surface area contributed by atoms with Crippen molar-refractivity contribution in [3.8, 4) is 17.1 Å². The fourth-order valence-corrected chi connectivity index (χ4v) is 3.10. The Morgan fingerprint density at radius 3 is 2.44 bits per heavy atom. The van der Waals surface area contributed by atoms with Gasteiger partial charge in [0.25, 0.3) is 5.95 Å². The van der Waals surface area contributed by atoms with Crippen molar-refractivity contribution in [2.24, 2.45) is 0 Å². The fraction of sp³-hybridized carbons (Fsp3) is 0.133. The molecule has 0 aliphatic rings. The van der Waals surface area contributed by atoms with Gasteiger partial charge in [-0.3, -0.25) is 0 Å². The smallest absolute Gasteiger partial charge is 0.383 e. The van der Waals surface area contributed by atoms with Gasteiger partial charge in [0.1, 0.15) is 10.8 Å². The predicted octanol–water partition coefficient (Wildman–Crippen LogP) is 4.31. The highest BCUT2D eigenvalue weighted by Gasteiger charge is 2.32. The minimum atomic E-state index is -4.52. The Bertz CT molecular complexity index is 912. The van der Waals surface area contributed by atoms with E-state index < -0.39 is 11.7 Å². The van der Waals surface area contributed by atoms with Crippen molar-refractivity contribution in [2.45, 2.75) is 11.2 Å². The SMILES string of the molecule is CSc1nn(-c2ncccn2)c(N)c1-c1cc(Cl)cc(C(F)(F)F)c1. The zero-order valence-electron chi connectivity index (χ0n) is 12.8. The Labute approximate surface area is 150 Å². The number of benzene rings is 1. The van der Waals surface area contributed by atoms with Crippen molar-refractivity contribution in [1.29, 1.82) is 0 Å². The van der Waals surface area contributed by atoms with Gasteiger partial charge in [-0.15, -0.1) is 11.8 Å². The molecule has 10 heteroatoms. The van der Waals surface area contributed by atoms with Crippen LogP contribution in [0.3, 0.4) is 0 Å². The number of hydrogen-bond acceptors (Lipinski definition) is 5. The maximum absolute atomic E-state index is 13.1. The summed E-state index contributed by atoms with van der Waals surface area (Å²) in [4.78, 5) is 8.12. The quantitative estimate of drug-likeness (QED) is 0.680. The number of alkyl halides is 3. The number of nitrogen functional groups attached to an aromatic ring is 1. The summed E-state index contributed by atoms with van der Waals surface area (Å²) in [7, 11) is 0. The number of rotatable bonds is 3. The van der Waals surface area contributed by atoms with Crippen LogP contribution in [0.2, 0.25) is 5.02 Å². The molecule has 0 amide bonds. The Morgan fingerprint density at radius 2 is 1.84 bits per heavy atom. The molecular formula is C15H11ClF3N5S. The van der Waals surface area contributed by atoms with Gasteiger partial charge in [0.15, 0.2) is 0 Å². The highest BCUT2D eigenvalue weighted by atomic mass is 35.5. The van der Waals surface area contributed by atoms with Crippen LogP contribution in [0.15, 0.2) is 41.7 Å². The first-order valence-electron chi connectivity index (χ1n) is 6.89. The summed E-state index contributed by atoms with van der Waals surface area (Å²) in [5, 5.41) is 4.70. The average Bonchev–Trinajstić information content (AvgIpc) is 2.91. The molecule has 0 spiro atoms. The second-order valence-corrected chi connectivity index (χ2v) is 6.19. The number of thioether (sulfide) groups is 1. The fourth-order valence-electron chi connectivity index (χ4n) is 2.28. The summed E-state index contributed by atoms with van der Waals surface area (Å²) in [6, 6.07) is 4.91. The number of nitrogens with two attached hydrogens (primary N) is 1. The third kappa shape index (κ3) is 3.42. The second kappa shape index (κ2) is 6.57. The lowest BCUT2D eigenvalue weighted by atomic mass is 10.0. The predicted molar refractivity (Wildman–Crippen MR) is 90.8 cm³/mol. The molecule has 0 saturated heterocycles. The molecule has 3 rings (SSSR count). The summed E-state index contributed by atoms with van der Waals surface area (Å²) in [6.07, 6.45) is 0.259. The van der Waals surface area contributed by atoms with Crippen molar-refractivity contribution < 1.29 is 13.2 Å². The van der Waals surface area contributed by atoms with Crippen molar-refractivity contribution in [1.82, 2.24) is 19.7 Å². The van der Waals surface area contributed by atoms with E-state index in [0.717, 1.165) is 12.1 Å². The maximum atomic E-state index is 13.1. The highest BCUT2D eigenvalue weighted by Crippen LogP contribution is 2.40. The molecule has 0 unspecified atom stereocenters. The van der Waals surface area contributed by atoms with Crippen molar-refractivity contribution in [3.63, 3.8) is 0 Å². The van der Waals surface area contributed by atoms with Crippen molar-refractivity contribution >= 4 is 29.2 Å². The normalized spacial score (nSPS) is 11.7. The van der Waals surface area contributed by atoms with Gasteiger partial charge in [-0.25, -0.2) is 9.97 Å². The molecule has 0 fully saturated rings. The number of anilines is 1. The van der Waals surface area contributed by atoms with Crippen LogP contribution in [0.5, 0.6) is 0 Å². The van der Waals surface area contributed by atoms with E-state index in [-0.39, 0.29) is 22.4 Å². The van der Waals surface area contributed by atoms with E-state index >= 15 is 0 Å². The Kier molecular flexibility index (Phi) is 4.61.